The third kappa shape index (κ3) is 1.49. The lowest BCUT2D eigenvalue weighted by atomic mass is 9.92. The summed E-state index contributed by atoms with van der Waals surface area (Å²) in [6.45, 7) is 5.92. The van der Waals surface area contributed by atoms with Crippen molar-refractivity contribution >= 4 is 0 Å². The van der Waals surface area contributed by atoms with E-state index in [4.69, 9.17) is 9.47 Å². The maximum atomic E-state index is 5.58. The van der Waals surface area contributed by atoms with Crippen LogP contribution in [-0.2, 0) is 9.47 Å². The molecule has 70 valence electrons. The van der Waals surface area contributed by atoms with Crippen LogP contribution in [0.5, 0.6) is 0 Å². The molecular weight excluding hydrogens is 154 g/mol. The van der Waals surface area contributed by atoms with E-state index >= 15 is 0 Å². The van der Waals surface area contributed by atoms with Crippen LogP contribution in [0.4, 0.5) is 0 Å². The third-order valence-electron chi connectivity index (χ3n) is 2.90. The van der Waals surface area contributed by atoms with Gasteiger partial charge in [0.1, 0.15) is 0 Å². The van der Waals surface area contributed by atoms with E-state index in [2.05, 4.69) is 12.2 Å². The maximum Gasteiger partial charge on any atom is 0.161 e. The van der Waals surface area contributed by atoms with Crippen LogP contribution in [0, 0.1) is 11.8 Å². The molecule has 0 amide bonds. The number of hydrogen-bond acceptors (Lipinski definition) is 3. The Hall–Kier alpha value is -0.120. The van der Waals surface area contributed by atoms with Crippen LogP contribution in [0.3, 0.4) is 0 Å². The molecule has 0 aromatic carbocycles. The fraction of sp³-hybridized carbons (Fsp3) is 1.00. The number of fused-ring (bicyclic) bond motifs is 1. The van der Waals surface area contributed by atoms with Gasteiger partial charge in [-0.1, -0.05) is 13.3 Å². The Bertz CT molecular complexity index is 151. The summed E-state index contributed by atoms with van der Waals surface area (Å²) in [5, 5.41) is 3.38. The van der Waals surface area contributed by atoms with Crippen LogP contribution in [0.15, 0.2) is 0 Å². The maximum absolute atomic E-state index is 5.58. The van der Waals surface area contributed by atoms with Gasteiger partial charge < -0.3 is 14.8 Å². The van der Waals surface area contributed by atoms with Crippen molar-refractivity contribution in [1.29, 1.82) is 0 Å². The molecule has 0 saturated carbocycles. The van der Waals surface area contributed by atoms with E-state index < -0.39 is 0 Å². The van der Waals surface area contributed by atoms with Crippen molar-refractivity contribution in [2.75, 3.05) is 26.3 Å². The minimum absolute atomic E-state index is 0.0740. The first-order valence-electron chi connectivity index (χ1n) is 4.85. The molecule has 2 aliphatic rings. The topological polar surface area (TPSA) is 30.5 Å². The smallest absolute Gasteiger partial charge is 0.161 e. The summed E-state index contributed by atoms with van der Waals surface area (Å²) >= 11 is 0. The number of rotatable bonds is 1. The van der Waals surface area contributed by atoms with Crippen molar-refractivity contribution in [2.45, 2.75) is 19.6 Å². The van der Waals surface area contributed by atoms with Gasteiger partial charge in [0.2, 0.25) is 0 Å². The van der Waals surface area contributed by atoms with E-state index in [0.29, 0.717) is 11.8 Å². The minimum atomic E-state index is 0.0740. The summed E-state index contributed by atoms with van der Waals surface area (Å²) in [6.07, 6.45) is 1.27. The third-order valence-corrected chi connectivity index (χ3v) is 2.90. The number of nitrogens with one attached hydrogen (secondary N) is 1. The second-order valence-corrected chi connectivity index (χ2v) is 3.61. The van der Waals surface area contributed by atoms with Crippen LogP contribution >= 0.6 is 0 Å². The van der Waals surface area contributed by atoms with Crippen molar-refractivity contribution in [3.8, 4) is 0 Å². The predicted octanol–water partition coefficient (Wildman–Crippen LogP) is 0.605. The zero-order valence-electron chi connectivity index (χ0n) is 7.58. The Morgan fingerprint density at radius 1 is 1.42 bits per heavy atom. The predicted molar refractivity (Wildman–Crippen MR) is 45.8 cm³/mol. The SMILES string of the molecule is CCC1COC2OCCNCC12. The Morgan fingerprint density at radius 3 is 3.17 bits per heavy atom. The molecule has 12 heavy (non-hydrogen) atoms. The standard InChI is InChI=1S/C9H17NO2/c1-2-7-6-12-9-8(7)5-10-3-4-11-9/h7-10H,2-6H2,1H3. The van der Waals surface area contributed by atoms with Crippen molar-refractivity contribution in [3.63, 3.8) is 0 Å². The molecule has 3 heteroatoms. The largest absolute Gasteiger partial charge is 0.352 e. The zero-order chi connectivity index (χ0) is 8.39. The van der Waals surface area contributed by atoms with Crippen LogP contribution < -0.4 is 5.32 Å². The van der Waals surface area contributed by atoms with Gasteiger partial charge in [0, 0.05) is 19.0 Å². The monoisotopic (exact) mass is 171 g/mol. The Kier molecular flexibility index (Phi) is 2.63. The van der Waals surface area contributed by atoms with Crippen molar-refractivity contribution in [3.05, 3.63) is 0 Å². The Morgan fingerprint density at radius 2 is 2.33 bits per heavy atom. The number of ether oxygens (including phenoxy) is 2. The first kappa shape index (κ1) is 8.48. The first-order chi connectivity index (χ1) is 5.92. The molecule has 0 aliphatic carbocycles. The summed E-state index contributed by atoms with van der Waals surface area (Å²) in [4.78, 5) is 0. The number of hydrogen-bond donors (Lipinski definition) is 1. The molecule has 3 nitrogen and oxygen atoms in total. The lowest BCUT2D eigenvalue weighted by Crippen LogP contribution is -2.29. The fourth-order valence-corrected chi connectivity index (χ4v) is 2.06. The van der Waals surface area contributed by atoms with Gasteiger partial charge in [-0.3, -0.25) is 0 Å². The summed E-state index contributed by atoms with van der Waals surface area (Å²) in [6, 6.07) is 0. The average Bonchev–Trinajstić information content (AvgIpc) is 2.33. The van der Waals surface area contributed by atoms with Gasteiger partial charge in [0.15, 0.2) is 6.29 Å². The van der Waals surface area contributed by atoms with Gasteiger partial charge >= 0.3 is 0 Å². The summed E-state index contributed by atoms with van der Waals surface area (Å²) in [7, 11) is 0. The van der Waals surface area contributed by atoms with Crippen molar-refractivity contribution < 1.29 is 9.47 Å². The molecule has 0 radical (unpaired) electrons. The highest BCUT2D eigenvalue weighted by Crippen LogP contribution is 2.30. The van der Waals surface area contributed by atoms with Crippen molar-refractivity contribution in [1.82, 2.24) is 5.32 Å². The molecule has 1 N–H and O–H groups in total. The molecule has 2 rings (SSSR count). The molecular formula is C9H17NO2. The van der Waals surface area contributed by atoms with Gasteiger partial charge in [-0.05, 0) is 5.92 Å². The van der Waals surface area contributed by atoms with E-state index in [9.17, 15) is 0 Å². The zero-order valence-corrected chi connectivity index (χ0v) is 7.58. The van der Waals surface area contributed by atoms with Gasteiger partial charge in [-0.2, -0.15) is 0 Å². The van der Waals surface area contributed by atoms with Crippen LogP contribution in [0.1, 0.15) is 13.3 Å². The summed E-state index contributed by atoms with van der Waals surface area (Å²) in [5.41, 5.74) is 0. The molecule has 2 saturated heterocycles. The van der Waals surface area contributed by atoms with Gasteiger partial charge in [0.25, 0.3) is 0 Å². The second-order valence-electron chi connectivity index (χ2n) is 3.61. The normalized spacial score (nSPS) is 42.2. The van der Waals surface area contributed by atoms with Gasteiger partial charge in [0.05, 0.1) is 13.2 Å². The van der Waals surface area contributed by atoms with E-state index in [-0.39, 0.29) is 6.29 Å². The van der Waals surface area contributed by atoms with E-state index in [1.54, 1.807) is 0 Å². The minimum Gasteiger partial charge on any atom is -0.352 e. The highest BCUT2D eigenvalue weighted by Gasteiger charge is 2.37. The van der Waals surface area contributed by atoms with E-state index in [1.165, 1.54) is 6.42 Å². The molecule has 2 fully saturated rings. The molecule has 0 spiro atoms. The molecule has 3 unspecified atom stereocenters. The van der Waals surface area contributed by atoms with E-state index in [1.807, 2.05) is 0 Å². The van der Waals surface area contributed by atoms with Crippen molar-refractivity contribution in [2.24, 2.45) is 11.8 Å². The molecule has 2 aliphatic heterocycles. The summed E-state index contributed by atoms with van der Waals surface area (Å²) < 4.78 is 11.2. The highest BCUT2D eigenvalue weighted by molar-refractivity contribution is 4.81. The Balaban J connectivity index is 1.99. The summed E-state index contributed by atoms with van der Waals surface area (Å²) in [5.74, 6) is 1.28. The second kappa shape index (κ2) is 3.73. The van der Waals surface area contributed by atoms with Gasteiger partial charge in [-0.25, -0.2) is 0 Å². The first-order valence-corrected chi connectivity index (χ1v) is 4.85. The van der Waals surface area contributed by atoms with E-state index in [0.717, 1.165) is 26.3 Å². The van der Waals surface area contributed by atoms with Crippen LogP contribution in [0.25, 0.3) is 0 Å². The lowest BCUT2D eigenvalue weighted by Gasteiger charge is -2.18. The van der Waals surface area contributed by atoms with Crippen LogP contribution in [0.2, 0.25) is 0 Å². The molecule has 0 aromatic heterocycles. The van der Waals surface area contributed by atoms with Gasteiger partial charge in [-0.15, -0.1) is 0 Å². The molecule has 0 bridgehead atoms. The Labute approximate surface area is 73.4 Å². The molecule has 2 heterocycles. The lowest BCUT2D eigenvalue weighted by molar-refractivity contribution is -0.121. The van der Waals surface area contributed by atoms with Crippen LogP contribution in [-0.4, -0.2) is 32.6 Å². The quantitative estimate of drug-likeness (QED) is 0.627. The highest BCUT2D eigenvalue weighted by atomic mass is 16.7. The fourth-order valence-electron chi connectivity index (χ4n) is 2.06. The average molecular weight is 171 g/mol. The molecule has 3 atom stereocenters. The molecule has 0 aromatic rings.